The van der Waals surface area contributed by atoms with Crippen LogP contribution >= 0.6 is 22.9 Å². The molecule has 2 heterocycles. The molecule has 0 bridgehead atoms. The lowest BCUT2D eigenvalue weighted by molar-refractivity contribution is 0.283. The summed E-state index contributed by atoms with van der Waals surface area (Å²) in [7, 11) is 0. The van der Waals surface area contributed by atoms with Crippen LogP contribution in [0.2, 0.25) is 5.28 Å². The summed E-state index contributed by atoms with van der Waals surface area (Å²) in [6.45, 7) is 1.12. The van der Waals surface area contributed by atoms with Crippen molar-refractivity contribution in [1.29, 1.82) is 0 Å². The van der Waals surface area contributed by atoms with E-state index in [0.29, 0.717) is 5.28 Å². The number of nitrogens with one attached hydrogen (secondary N) is 1. The van der Waals surface area contributed by atoms with Crippen molar-refractivity contribution in [3.8, 4) is 0 Å². The summed E-state index contributed by atoms with van der Waals surface area (Å²) in [5.74, 6) is 0.878. The number of hydrogen-bond acceptors (Lipinski definition) is 5. The quantitative estimate of drug-likeness (QED) is 0.634. The van der Waals surface area contributed by atoms with Gasteiger partial charge >= 0.3 is 0 Å². The van der Waals surface area contributed by atoms with E-state index >= 15 is 0 Å². The minimum Gasteiger partial charge on any atom is -0.396 e. The fourth-order valence-corrected chi connectivity index (χ4v) is 4.20. The SMILES string of the molecule is OCCCCCNc1nc(Cl)nc2sc3c(c12)CCC3. The molecule has 0 spiro atoms. The van der Waals surface area contributed by atoms with Crippen LogP contribution in [0.5, 0.6) is 0 Å². The van der Waals surface area contributed by atoms with Crippen LogP contribution in [0.15, 0.2) is 0 Å². The van der Waals surface area contributed by atoms with Gasteiger partial charge in [-0.3, -0.25) is 0 Å². The van der Waals surface area contributed by atoms with Gasteiger partial charge in [-0.15, -0.1) is 11.3 Å². The van der Waals surface area contributed by atoms with Gasteiger partial charge in [0.15, 0.2) is 0 Å². The lowest BCUT2D eigenvalue weighted by atomic mass is 10.2. The van der Waals surface area contributed by atoms with Gasteiger partial charge < -0.3 is 10.4 Å². The van der Waals surface area contributed by atoms with Gasteiger partial charge in [-0.1, -0.05) is 0 Å². The van der Waals surface area contributed by atoms with Gasteiger partial charge in [-0.05, 0) is 55.7 Å². The van der Waals surface area contributed by atoms with E-state index in [1.54, 1.807) is 11.3 Å². The number of aliphatic hydroxyl groups is 1. The Morgan fingerprint density at radius 3 is 2.95 bits per heavy atom. The summed E-state index contributed by atoms with van der Waals surface area (Å²) in [6, 6.07) is 0. The molecular weight excluding hydrogens is 294 g/mol. The Labute approximate surface area is 127 Å². The highest BCUT2D eigenvalue weighted by molar-refractivity contribution is 7.19. The first-order valence-electron chi connectivity index (χ1n) is 7.12. The summed E-state index contributed by atoms with van der Waals surface area (Å²) in [5, 5.41) is 13.7. The minimum atomic E-state index is 0.265. The lowest BCUT2D eigenvalue weighted by Gasteiger charge is -2.08. The molecule has 4 nitrogen and oxygen atoms in total. The van der Waals surface area contributed by atoms with E-state index in [1.807, 2.05) is 0 Å². The number of anilines is 1. The van der Waals surface area contributed by atoms with Gasteiger partial charge in [0.1, 0.15) is 10.6 Å². The van der Waals surface area contributed by atoms with E-state index in [1.165, 1.54) is 22.2 Å². The van der Waals surface area contributed by atoms with Crippen molar-refractivity contribution in [3.05, 3.63) is 15.7 Å². The number of nitrogens with zero attached hydrogens (tertiary/aromatic N) is 2. The highest BCUT2D eigenvalue weighted by Gasteiger charge is 2.21. The molecule has 0 amide bonds. The Morgan fingerprint density at radius 1 is 1.20 bits per heavy atom. The second kappa shape index (κ2) is 6.24. The molecule has 0 aliphatic heterocycles. The zero-order valence-electron chi connectivity index (χ0n) is 11.3. The molecule has 20 heavy (non-hydrogen) atoms. The number of rotatable bonds is 6. The molecule has 0 saturated heterocycles. The van der Waals surface area contributed by atoms with E-state index in [0.717, 1.165) is 49.3 Å². The molecule has 3 rings (SSSR count). The first-order valence-corrected chi connectivity index (χ1v) is 8.31. The largest absolute Gasteiger partial charge is 0.396 e. The molecule has 2 N–H and O–H groups in total. The third-order valence-electron chi connectivity index (χ3n) is 3.66. The van der Waals surface area contributed by atoms with Gasteiger partial charge in [-0.25, -0.2) is 9.97 Å². The second-order valence-corrected chi connectivity index (χ2v) is 6.51. The summed E-state index contributed by atoms with van der Waals surface area (Å²) >= 11 is 7.77. The topological polar surface area (TPSA) is 58.0 Å². The molecule has 0 saturated carbocycles. The number of unbranched alkanes of at least 4 members (excludes halogenated alkanes) is 2. The van der Waals surface area contributed by atoms with E-state index in [2.05, 4.69) is 15.3 Å². The van der Waals surface area contributed by atoms with E-state index in [-0.39, 0.29) is 6.61 Å². The number of hydrogen-bond donors (Lipinski definition) is 2. The third kappa shape index (κ3) is 2.75. The zero-order valence-corrected chi connectivity index (χ0v) is 12.9. The molecule has 108 valence electrons. The lowest BCUT2D eigenvalue weighted by Crippen LogP contribution is -2.05. The number of thiophene rings is 1. The molecule has 0 fully saturated rings. The van der Waals surface area contributed by atoms with Crippen LogP contribution in [0, 0.1) is 0 Å². The van der Waals surface area contributed by atoms with Crippen LogP contribution in [0.25, 0.3) is 10.2 Å². The van der Waals surface area contributed by atoms with Crippen molar-refractivity contribution in [2.45, 2.75) is 38.5 Å². The van der Waals surface area contributed by atoms with Crippen LogP contribution in [0.3, 0.4) is 0 Å². The van der Waals surface area contributed by atoms with Crippen LogP contribution in [-0.2, 0) is 12.8 Å². The van der Waals surface area contributed by atoms with Crippen molar-refractivity contribution in [3.63, 3.8) is 0 Å². The molecule has 6 heteroatoms. The molecule has 2 aromatic rings. The Morgan fingerprint density at radius 2 is 2.10 bits per heavy atom. The molecular formula is C14H18ClN3OS. The van der Waals surface area contributed by atoms with E-state index in [9.17, 15) is 0 Å². The first kappa shape index (κ1) is 14.0. The van der Waals surface area contributed by atoms with Crippen LogP contribution in [0.1, 0.15) is 36.1 Å². The predicted molar refractivity (Wildman–Crippen MR) is 83.9 cm³/mol. The number of aliphatic hydroxyl groups excluding tert-OH is 1. The van der Waals surface area contributed by atoms with Crippen molar-refractivity contribution < 1.29 is 5.11 Å². The Hall–Kier alpha value is -0.910. The minimum absolute atomic E-state index is 0.265. The number of aromatic nitrogens is 2. The second-order valence-electron chi connectivity index (χ2n) is 5.09. The number of halogens is 1. The van der Waals surface area contributed by atoms with Crippen LogP contribution in [-0.4, -0.2) is 28.2 Å². The normalized spacial score (nSPS) is 13.9. The van der Waals surface area contributed by atoms with Crippen molar-refractivity contribution >= 4 is 39.0 Å². The van der Waals surface area contributed by atoms with E-state index in [4.69, 9.17) is 16.7 Å². The highest BCUT2D eigenvalue weighted by atomic mass is 35.5. The maximum atomic E-state index is 8.78. The number of aryl methyl sites for hydroxylation is 2. The molecule has 0 atom stereocenters. The monoisotopic (exact) mass is 311 g/mol. The first-order chi connectivity index (χ1) is 9.79. The van der Waals surface area contributed by atoms with Crippen molar-refractivity contribution in [2.75, 3.05) is 18.5 Å². The standard InChI is InChI=1S/C14H18ClN3OS/c15-14-17-12(16-7-2-1-3-8-19)11-9-5-4-6-10(9)20-13(11)18-14/h19H,1-8H2,(H,16,17,18). The van der Waals surface area contributed by atoms with Gasteiger partial charge in [0, 0.05) is 18.0 Å². The van der Waals surface area contributed by atoms with Crippen LogP contribution < -0.4 is 5.32 Å². The molecule has 1 aliphatic carbocycles. The Balaban J connectivity index is 1.82. The van der Waals surface area contributed by atoms with Gasteiger partial charge in [0.05, 0.1) is 5.39 Å². The average Bonchev–Trinajstić information content (AvgIpc) is 2.98. The predicted octanol–water partition coefficient (Wildman–Crippen LogP) is 3.41. The highest BCUT2D eigenvalue weighted by Crippen LogP contribution is 2.39. The molecule has 0 aromatic carbocycles. The smallest absolute Gasteiger partial charge is 0.225 e. The molecule has 2 aromatic heterocycles. The zero-order chi connectivity index (χ0) is 13.9. The van der Waals surface area contributed by atoms with Crippen molar-refractivity contribution in [1.82, 2.24) is 9.97 Å². The Bertz CT molecular complexity index is 614. The van der Waals surface area contributed by atoms with Crippen molar-refractivity contribution in [2.24, 2.45) is 0 Å². The van der Waals surface area contributed by atoms with Gasteiger partial charge in [-0.2, -0.15) is 0 Å². The summed E-state index contributed by atoms with van der Waals surface area (Å²) in [4.78, 5) is 11.2. The maximum absolute atomic E-state index is 8.78. The summed E-state index contributed by atoms with van der Waals surface area (Å²) in [6.07, 6.45) is 6.41. The maximum Gasteiger partial charge on any atom is 0.225 e. The van der Waals surface area contributed by atoms with E-state index < -0.39 is 0 Å². The van der Waals surface area contributed by atoms with Gasteiger partial charge in [0.2, 0.25) is 5.28 Å². The van der Waals surface area contributed by atoms with Crippen LogP contribution in [0.4, 0.5) is 5.82 Å². The van der Waals surface area contributed by atoms with Gasteiger partial charge in [0.25, 0.3) is 0 Å². The molecule has 0 unspecified atom stereocenters. The number of fused-ring (bicyclic) bond motifs is 3. The Kier molecular flexibility index (Phi) is 4.38. The fraction of sp³-hybridized carbons (Fsp3) is 0.571. The molecule has 0 radical (unpaired) electrons. The average molecular weight is 312 g/mol. The summed E-state index contributed by atoms with van der Waals surface area (Å²) in [5.41, 5.74) is 1.42. The molecule has 1 aliphatic rings. The third-order valence-corrected chi connectivity index (χ3v) is 5.02. The fourth-order valence-electron chi connectivity index (χ4n) is 2.72. The summed E-state index contributed by atoms with van der Waals surface area (Å²) < 4.78 is 0.